The lowest BCUT2D eigenvalue weighted by Crippen LogP contribution is -2.61. The summed E-state index contributed by atoms with van der Waals surface area (Å²) in [7, 11) is 0. The lowest BCUT2D eigenvalue weighted by Gasteiger charge is -2.40. The van der Waals surface area contributed by atoms with Crippen LogP contribution in [0.2, 0.25) is 0 Å². The van der Waals surface area contributed by atoms with Crippen LogP contribution in [0.15, 0.2) is 72.9 Å². The van der Waals surface area contributed by atoms with Crippen LogP contribution >= 0.6 is 0 Å². The Balaban J connectivity index is 2.68. The van der Waals surface area contributed by atoms with E-state index in [0.717, 1.165) is 89.9 Å². The molecule has 0 aromatic rings. The fourth-order valence-corrected chi connectivity index (χ4v) is 9.75. The number of aliphatic carboxylic acids is 1. The molecule has 0 aliphatic carbocycles. The molecule has 466 valence electrons. The molecule has 6 atom stereocenters. The minimum atomic E-state index is -1.92. The number of hydrogen-bond acceptors (Lipinski definition) is 11. The minimum absolute atomic E-state index is 0.0191. The Hall–Kier alpha value is -3.84. The van der Waals surface area contributed by atoms with E-state index in [0.29, 0.717) is 25.7 Å². The van der Waals surface area contributed by atoms with Crippen LogP contribution in [-0.2, 0) is 42.9 Å². The molecule has 0 spiro atoms. The van der Waals surface area contributed by atoms with Gasteiger partial charge in [-0.25, -0.2) is 4.79 Å². The van der Waals surface area contributed by atoms with E-state index in [-0.39, 0.29) is 25.9 Å². The molecule has 1 heterocycles. The highest BCUT2D eigenvalue weighted by Gasteiger charge is 2.50. The van der Waals surface area contributed by atoms with E-state index in [1.165, 1.54) is 135 Å². The van der Waals surface area contributed by atoms with Gasteiger partial charge in [0.05, 0.1) is 6.61 Å². The Morgan fingerprint density at radius 2 is 0.790 bits per heavy atom. The molecule has 0 aromatic carbocycles. The third-order valence-electron chi connectivity index (χ3n) is 14.8. The summed E-state index contributed by atoms with van der Waals surface area (Å²) in [5.74, 6) is -3.19. The van der Waals surface area contributed by atoms with E-state index in [1.807, 2.05) is 12.2 Å². The fourth-order valence-electron chi connectivity index (χ4n) is 9.75. The van der Waals surface area contributed by atoms with Crippen molar-refractivity contribution in [1.82, 2.24) is 0 Å². The second kappa shape index (κ2) is 56.6. The van der Waals surface area contributed by atoms with Crippen molar-refractivity contribution in [3.63, 3.8) is 0 Å². The minimum Gasteiger partial charge on any atom is -0.479 e. The third-order valence-corrected chi connectivity index (χ3v) is 14.8. The van der Waals surface area contributed by atoms with Crippen molar-refractivity contribution in [3.8, 4) is 0 Å². The Bertz CT molecular complexity index is 1680. The topological polar surface area (TPSA) is 175 Å². The van der Waals surface area contributed by atoms with Crippen LogP contribution in [0, 0.1) is 0 Å². The number of rotatable bonds is 56. The number of ether oxygens (including phenoxy) is 5. The van der Waals surface area contributed by atoms with Crippen molar-refractivity contribution in [1.29, 1.82) is 0 Å². The molecule has 0 saturated carbocycles. The number of unbranched alkanes of at least 4 members (excludes halogenated alkanes) is 30. The summed E-state index contributed by atoms with van der Waals surface area (Å²) in [4.78, 5) is 51.3. The lowest BCUT2D eigenvalue weighted by atomic mass is 9.98. The Labute approximate surface area is 493 Å². The molecule has 1 rings (SSSR count). The monoisotopic (exact) mass is 1140 g/mol. The van der Waals surface area contributed by atoms with Gasteiger partial charge in [-0.3, -0.25) is 14.4 Å². The Morgan fingerprint density at radius 3 is 1.23 bits per heavy atom. The maximum Gasteiger partial charge on any atom is 0.335 e. The second-order valence-corrected chi connectivity index (χ2v) is 22.4. The summed E-state index contributed by atoms with van der Waals surface area (Å²) >= 11 is 0. The molecule has 1 aliphatic heterocycles. The van der Waals surface area contributed by atoms with E-state index < -0.39 is 67.3 Å². The van der Waals surface area contributed by atoms with Crippen molar-refractivity contribution >= 4 is 23.9 Å². The van der Waals surface area contributed by atoms with E-state index in [9.17, 15) is 34.5 Å². The van der Waals surface area contributed by atoms with E-state index in [1.54, 1.807) is 0 Å². The highest BCUT2D eigenvalue weighted by Crippen LogP contribution is 2.26. The number of hydrogen-bond donors (Lipinski definition) is 3. The van der Waals surface area contributed by atoms with Gasteiger partial charge in [-0.15, -0.1) is 0 Å². The molecule has 0 amide bonds. The van der Waals surface area contributed by atoms with Crippen LogP contribution in [0.3, 0.4) is 0 Å². The normalized spacial score (nSPS) is 18.2. The number of carbonyl (C=O) groups excluding carboxylic acids is 3. The predicted molar refractivity (Wildman–Crippen MR) is 331 cm³/mol. The molecule has 0 bridgehead atoms. The van der Waals surface area contributed by atoms with Crippen LogP contribution in [0.4, 0.5) is 0 Å². The SMILES string of the molecule is CC/C=C\C/C=C\C/C=C\C/C=C\C/C=C\CCCC(=O)OC1C(OCC(COC(=O)CCCCCCCCCCCCCCCCCCCCC)OC(=O)CCCCCCC/C=C\CCCCCCCC)OC(C(=O)O)C(O)C1O. The summed E-state index contributed by atoms with van der Waals surface area (Å²) in [5.41, 5.74) is 0. The van der Waals surface area contributed by atoms with Crippen molar-refractivity contribution in [3.05, 3.63) is 72.9 Å². The summed E-state index contributed by atoms with van der Waals surface area (Å²) in [6.45, 7) is 5.88. The number of carboxylic acid groups (broad SMARTS) is 1. The van der Waals surface area contributed by atoms with Crippen molar-refractivity contribution in [2.24, 2.45) is 0 Å². The zero-order valence-corrected chi connectivity index (χ0v) is 51.5. The van der Waals surface area contributed by atoms with E-state index >= 15 is 0 Å². The highest BCUT2D eigenvalue weighted by molar-refractivity contribution is 5.74. The molecular weight excluding hydrogens is 1020 g/mol. The standard InChI is InChI=1S/C69H118O12/c1-4-7-10-13-16-19-22-25-28-30-31-33-35-37-40-43-46-49-52-55-61(70)77-58-60(79-62(71)56-53-50-47-44-41-38-34-27-24-21-18-15-12-9-6-3)59-78-69-67(65(74)64(73)66(81-69)68(75)76)80-63(72)57-54-51-48-45-42-39-36-32-29-26-23-20-17-14-11-8-5-2/h8,11,17,20,26-27,29,34,36,39,45,48,60,64-67,69,73-74H,4-7,9-10,12-16,18-19,21-25,28,30-33,35,37-38,40-44,46-47,49-59H2,1-3H3,(H,75,76)/b11-8-,20-17-,29-26-,34-27-,39-36-,48-45-. The second-order valence-electron chi connectivity index (χ2n) is 22.4. The van der Waals surface area contributed by atoms with Gasteiger partial charge in [0, 0.05) is 19.3 Å². The fraction of sp³-hybridized carbons (Fsp3) is 0.768. The Morgan fingerprint density at radius 1 is 0.420 bits per heavy atom. The zero-order chi connectivity index (χ0) is 58.9. The van der Waals surface area contributed by atoms with Gasteiger partial charge < -0.3 is 39.0 Å². The maximum absolute atomic E-state index is 13.2. The molecule has 1 fully saturated rings. The largest absolute Gasteiger partial charge is 0.479 e. The first-order valence-electron chi connectivity index (χ1n) is 32.9. The molecule has 0 radical (unpaired) electrons. The van der Waals surface area contributed by atoms with Gasteiger partial charge in [0.1, 0.15) is 18.8 Å². The van der Waals surface area contributed by atoms with Gasteiger partial charge in [0.15, 0.2) is 24.6 Å². The van der Waals surface area contributed by atoms with Crippen LogP contribution < -0.4 is 0 Å². The quantitative estimate of drug-likeness (QED) is 0.0228. The van der Waals surface area contributed by atoms with Gasteiger partial charge >= 0.3 is 23.9 Å². The molecule has 1 saturated heterocycles. The summed E-state index contributed by atoms with van der Waals surface area (Å²) in [5, 5.41) is 31.6. The molecular formula is C69H118O12. The van der Waals surface area contributed by atoms with E-state index in [4.69, 9.17) is 23.7 Å². The first-order valence-corrected chi connectivity index (χ1v) is 32.9. The van der Waals surface area contributed by atoms with Gasteiger partial charge in [-0.1, -0.05) is 261 Å². The van der Waals surface area contributed by atoms with Gasteiger partial charge in [0.2, 0.25) is 0 Å². The molecule has 0 aromatic heterocycles. The number of aliphatic hydroxyl groups excluding tert-OH is 2. The van der Waals surface area contributed by atoms with Crippen LogP contribution in [0.5, 0.6) is 0 Å². The first kappa shape index (κ1) is 75.2. The average molecular weight is 1140 g/mol. The number of esters is 3. The predicted octanol–water partition coefficient (Wildman–Crippen LogP) is 17.7. The van der Waals surface area contributed by atoms with Crippen molar-refractivity contribution in [2.75, 3.05) is 13.2 Å². The molecule has 81 heavy (non-hydrogen) atoms. The third kappa shape index (κ3) is 46.3. The van der Waals surface area contributed by atoms with Gasteiger partial charge in [-0.05, 0) is 83.5 Å². The van der Waals surface area contributed by atoms with Crippen molar-refractivity contribution in [2.45, 2.75) is 327 Å². The molecule has 12 heteroatoms. The van der Waals surface area contributed by atoms with E-state index in [2.05, 4.69) is 81.5 Å². The van der Waals surface area contributed by atoms with Crippen LogP contribution in [0.25, 0.3) is 0 Å². The van der Waals surface area contributed by atoms with Crippen molar-refractivity contribution < 1.29 is 58.2 Å². The first-order chi connectivity index (χ1) is 39.6. The number of aliphatic hydroxyl groups is 2. The molecule has 3 N–H and O–H groups in total. The lowest BCUT2D eigenvalue weighted by molar-refractivity contribution is -0.301. The number of allylic oxidation sites excluding steroid dienone is 12. The van der Waals surface area contributed by atoms with Gasteiger partial charge in [-0.2, -0.15) is 0 Å². The molecule has 6 unspecified atom stereocenters. The summed E-state index contributed by atoms with van der Waals surface area (Å²) in [6.07, 6.45) is 60.1. The summed E-state index contributed by atoms with van der Waals surface area (Å²) < 4.78 is 28.5. The van der Waals surface area contributed by atoms with Crippen LogP contribution in [-0.4, -0.2) is 89.2 Å². The Kier molecular flexibility index (Phi) is 52.6. The zero-order valence-electron chi connectivity index (χ0n) is 51.5. The molecule has 1 aliphatic rings. The van der Waals surface area contributed by atoms with Gasteiger partial charge in [0.25, 0.3) is 0 Å². The average Bonchev–Trinajstić information content (AvgIpc) is 3.53. The highest BCUT2D eigenvalue weighted by atomic mass is 16.7. The smallest absolute Gasteiger partial charge is 0.335 e. The van der Waals surface area contributed by atoms with Crippen LogP contribution in [0.1, 0.15) is 290 Å². The summed E-state index contributed by atoms with van der Waals surface area (Å²) in [6, 6.07) is 0. The number of carboxylic acids is 1. The molecule has 12 nitrogen and oxygen atoms in total. The maximum atomic E-state index is 13.2. The number of carbonyl (C=O) groups is 4.